The molecule has 210 valence electrons. The summed E-state index contributed by atoms with van der Waals surface area (Å²) in [5.41, 5.74) is 3.92. The van der Waals surface area contributed by atoms with Gasteiger partial charge in [-0.2, -0.15) is 0 Å². The molecule has 2 aromatic carbocycles. The second-order valence-electron chi connectivity index (χ2n) is 9.17. The number of amides is 1. The van der Waals surface area contributed by atoms with E-state index in [2.05, 4.69) is 15.6 Å². The zero-order valence-electron chi connectivity index (χ0n) is 22.7. The number of carbonyl (C=O) groups excluding carboxylic acids is 2. The number of hydrogen-bond donors (Lipinski definition) is 2. The summed E-state index contributed by atoms with van der Waals surface area (Å²) in [5.74, 6) is -0.268. The first kappa shape index (κ1) is 27.8. The average molecular weight is 572 g/mol. The van der Waals surface area contributed by atoms with Crippen molar-refractivity contribution in [3.8, 4) is 11.4 Å². The first-order valence-electron chi connectivity index (χ1n) is 12.8. The largest absolute Gasteiger partial charge is 0.495 e. The molecule has 0 bridgehead atoms. The lowest BCUT2D eigenvalue weighted by Crippen LogP contribution is -2.30. The fourth-order valence-electron chi connectivity index (χ4n) is 5.02. The summed E-state index contributed by atoms with van der Waals surface area (Å²) in [7, 11) is 4.35. The summed E-state index contributed by atoms with van der Waals surface area (Å²) in [5, 5.41) is 6.77. The van der Waals surface area contributed by atoms with E-state index in [9.17, 15) is 9.59 Å². The molecule has 2 atom stereocenters. The van der Waals surface area contributed by atoms with Crippen LogP contribution >= 0.6 is 12.2 Å². The van der Waals surface area contributed by atoms with E-state index in [-0.39, 0.29) is 18.6 Å². The van der Waals surface area contributed by atoms with Crippen molar-refractivity contribution in [2.75, 3.05) is 38.2 Å². The molecule has 0 radical (unpaired) electrons. The van der Waals surface area contributed by atoms with Gasteiger partial charge in [0.25, 0.3) is 0 Å². The van der Waals surface area contributed by atoms with Crippen molar-refractivity contribution in [1.82, 2.24) is 14.9 Å². The van der Waals surface area contributed by atoms with Crippen LogP contribution in [0.25, 0.3) is 5.69 Å². The van der Waals surface area contributed by atoms with Crippen LogP contribution in [0.5, 0.6) is 5.75 Å². The van der Waals surface area contributed by atoms with Crippen LogP contribution in [0.4, 0.5) is 11.4 Å². The Bertz CT molecular complexity index is 1570. The number of pyridine rings is 1. The van der Waals surface area contributed by atoms with Gasteiger partial charge in [0.05, 0.1) is 42.9 Å². The lowest BCUT2D eigenvalue weighted by atomic mass is 10.00. The Morgan fingerprint density at radius 1 is 1.02 bits per heavy atom. The van der Waals surface area contributed by atoms with E-state index in [1.807, 2.05) is 70.3 Å². The van der Waals surface area contributed by atoms with Crippen LogP contribution < -0.4 is 20.3 Å². The molecule has 4 aromatic rings. The standard InChI is InChI=1S/C30H29N5O5S/c1-38-18-26(36)32-22-17-19(13-14-25(22)39-2)35-28(27(33-30(35)41)21-10-6-7-15-31-21)24-12-8-16-34(24)23-11-5-4-9-20(23)29(37)40-3/h4-17,27-28H,18H2,1-3H3,(H,32,36)(H,33,41). The van der Waals surface area contributed by atoms with Gasteiger partial charge in [0.2, 0.25) is 5.91 Å². The third kappa shape index (κ3) is 5.49. The Kier molecular flexibility index (Phi) is 8.27. The van der Waals surface area contributed by atoms with Crippen LogP contribution in [0, 0.1) is 0 Å². The minimum atomic E-state index is -0.440. The number of hydrogen-bond acceptors (Lipinski definition) is 7. The van der Waals surface area contributed by atoms with Crippen LogP contribution in [0.15, 0.2) is 85.2 Å². The molecule has 0 aliphatic carbocycles. The van der Waals surface area contributed by atoms with Crippen molar-refractivity contribution in [2.45, 2.75) is 12.1 Å². The molecule has 1 aliphatic heterocycles. The number of thiocarbonyl (C=S) groups is 1. The van der Waals surface area contributed by atoms with Crippen molar-refractivity contribution in [3.05, 3.63) is 102 Å². The maximum Gasteiger partial charge on any atom is 0.339 e. The molecular weight excluding hydrogens is 542 g/mol. The van der Waals surface area contributed by atoms with Crippen molar-refractivity contribution >= 4 is 40.6 Å². The fraction of sp³-hybridized carbons (Fsp3) is 0.200. The van der Waals surface area contributed by atoms with Gasteiger partial charge < -0.3 is 34.3 Å². The van der Waals surface area contributed by atoms with Crippen molar-refractivity contribution in [1.29, 1.82) is 0 Å². The molecule has 0 spiro atoms. The van der Waals surface area contributed by atoms with Crippen molar-refractivity contribution < 1.29 is 23.8 Å². The Morgan fingerprint density at radius 3 is 2.56 bits per heavy atom. The number of rotatable bonds is 9. The molecule has 10 nitrogen and oxygen atoms in total. The summed E-state index contributed by atoms with van der Waals surface area (Å²) in [6.07, 6.45) is 3.64. The third-order valence-corrected chi connectivity index (χ3v) is 7.08. The van der Waals surface area contributed by atoms with E-state index in [1.54, 1.807) is 24.4 Å². The topological polar surface area (TPSA) is 107 Å². The van der Waals surface area contributed by atoms with Crippen LogP contribution in [-0.2, 0) is 14.3 Å². The number of nitrogens with zero attached hydrogens (tertiary/aromatic N) is 3. The molecule has 0 saturated carbocycles. The molecule has 2 aromatic heterocycles. The average Bonchev–Trinajstić information content (AvgIpc) is 3.61. The number of nitrogens with one attached hydrogen (secondary N) is 2. The number of benzene rings is 2. The van der Waals surface area contributed by atoms with Gasteiger partial charge in [0.1, 0.15) is 18.4 Å². The smallest absolute Gasteiger partial charge is 0.339 e. The Morgan fingerprint density at radius 2 is 1.83 bits per heavy atom. The minimum Gasteiger partial charge on any atom is -0.495 e. The van der Waals surface area contributed by atoms with Crippen LogP contribution in [-0.4, -0.2) is 54.5 Å². The Balaban J connectivity index is 1.66. The van der Waals surface area contributed by atoms with Gasteiger partial charge in [-0.3, -0.25) is 9.78 Å². The molecule has 1 fully saturated rings. The first-order valence-corrected chi connectivity index (χ1v) is 13.2. The van der Waals surface area contributed by atoms with Crippen molar-refractivity contribution in [3.63, 3.8) is 0 Å². The molecule has 1 aliphatic rings. The van der Waals surface area contributed by atoms with Gasteiger partial charge in [-0.25, -0.2) is 4.79 Å². The third-order valence-electron chi connectivity index (χ3n) is 6.76. The van der Waals surface area contributed by atoms with Gasteiger partial charge in [0, 0.05) is 30.9 Å². The SMILES string of the molecule is COCC(=O)Nc1cc(N2C(=S)NC(c3ccccn3)C2c2cccn2-c2ccccc2C(=O)OC)ccc1OC. The minimum absolute atomic E-state index is 0.103. The monoisotopic (exact) mass is 571 g/mol. The zero-order chi connectivity index (χ0) is 28.9. The van der Waals surface area contributed by atoms with Gasteiger partial charge in [0.15, 0.2) is 5.11 Å². The fourth-order valence-corrected chi connectivity index (χ4v) is 5.36. The molecule has 11 heteroatoms. The molecule has 41 heavy (non-hydrogen) atoms. The highest BCUT2D eigenvalue weighted by atomic mass is 32.1. The highest BCUT2D eigenvalue weighted by molar-refractivity contribution is 7.80. The Hall–Kier alpha value is -4.74. The van der Waals surface area contributed by atoms with Crippen LogP contribution in [0.2, 0.25) is 0 Å². The molecule has 2 unspecified atom stereocenters. The predicted molar refractivity (Wildman–Crippen MR) is 159 cm³/mol. The number of aromatic nitrogens is 2. The second-order valence-corrected chi connectivity index (χ2v) is 9.56. The van der Waals surface area contributed by atoms with E-state index in [1.165, 1.54) is 21.3 Å². The number of ether oxygens (including phenoxy) is 3. The number of para-hydroxylation sites is 1. The predicted octanol–water partition coefficient (Wildman–Crippen LogP) is 4.43. The molecule has 1 saturated heterocycles. The summed E-state index contributed by atoms with van der Waals surface area (Å²) in [4.78, 5) is 31.7. The van der Waals surface area contributed by atoms with Gasteiger partial charge in [-0.15, -0.1) is 0 Å². The molecule has 1 amide bonds. The maximum absolute atomic E-state index is 12.7. The van der Waals surface area contributed by atoms with Gasteiger partial charge in [-0.05, 0) is 66.8 Å². The molecule has 5 rings (SSSR count). The van der Waals surface area contributed by atoms with Crippen molar-refractivity contribution in [2.24, 2.45) is 0 Å². The quantitative estimate of drug-likeness (QED) is 0.223. The van der Waals surface area contributed by atoms with E-state index >= 15 is 0 Å². The summed E-state index contributed by atoms with van der Waals surface area (Å²) >= 11 is 5.90. The van der Waals surface area contributed by atoms with E-state index < -0.39 is 12.0 Å². The first-order chi connectivity index (χ1) is 20.0. The highest BCUT2D eigenvalue weighted by Crippen LogP contribution is 2.44. The molecule has 3 heterocycles. The van der Waals surface area contributed by atoms with Crippen LogP contribution in [0.3, 0.4) is 0 Å². The molecule has 2 N–H and O–H groups in total. The van der Waals surface area contributed by atoms with Gasteiger partial charge in [-0.1, -0.05) is 18.2 Å². The maximum atomic E-state index is 12.7. The van der Waals surface area contributed by atoms with E-state index in [4.69, 9.17) is 26.4 Å². The normalized spacial score (nSPS) is 16.3. The Labute approximate surface area is 242 Å². The van der Waals surface area contributed by atoms with E-state index in [0.717, 1.165) is 11.4 Å². The lowest BCUT2D eigenvalue weighted by Gasteiger charge is -2.29. The number of anilines is 2. The lowest BCUT2D eigenvalue weighted by molar-refractivity contribution is -0.119. The van der Waals surface area contributed by atoms with Crippen LogP contribution in [0.1, 0.15) is 33.8 Å². The number of esters is 1. The highest BCUT2D eigenvalue weighted by Gasteiger charge is 2.42. The number of methoxy groups -OCH3 is 3. The summed E-state index contributed by atoms with van der Waals surface area (Å²) in [6.45, 7) is -0.103. The number of carbonyl (C=O) groups is 2. The molecular formula is C30H29N5O5S. The summed E-state index contributed by atoms with van der Waals surface area (Å²) in [6, 6.07) is 21.6. The second kappa shape index (κ2) is 12.2. The zero-order valence-corrected chi connectivity index (χ0v) is 23.6. The van der Waals surface area contributed by atoms with Gasteiger partial charge >= 0.3 is 5.97 Å². The summed E-state index contributed by atoms with van der Waals surface area (Å²) < 4.78 is 17.5. The van der Waals surface area contributed by atoms with E-state index in [0.29, 0.717) is 33.5 Å².